The van der Waals surface area contributed by atoms with Crippen LogP contribution in [0.25, 0.3) is 22.5 Å². The van der Waals surface area contributed by atoms with E-state index < -0.39 is 5.41 Å². The minimum atomic E-state index is -0.473. The Labute approximate surface area is 233 Å². The standard InChI is InChI=1S/C33H32N2O5/c1-4-38-31(36)33(18-19-33)27-16-14-24(15-17-27)23-10-12-26(13-11-23)30-28(21(2)34-40-30)20-35-22(3)29(39-32(35)37)25-8-6-5-7-9-25/h5-17,22,29H,4,18-20H2,1-3H3. The van der Waals surface area contributed by atoms with E-state index in [9.17, 15) is 9.59 Å². The molecule has 0 spiro atoms. The summed E-state index contributed by atoms with van der Waals surface area (Å²) >= 11 is 0. The van der Waals surface area contributed by atoms with Gasteiger partial charge in [0, 0.05) is 11.1 Å². The summed E-state index contributed by atoms with van der Waals surface area (Å²) in [4.78, 5) is 27.0. The molecule has 0 radical (unpaired) electrons. The van der Waals surface area contributed by atoms with E-state index in [1.807, 2.05) is 87.5 Å². The molecular weight excluding hydrogens is 504 g/mol. The number of nitrogens with zero attached hydrogens (tertiary/aromatic N) is 2. The lowest BCUT2D eigenvalue weighted by molar-refractivity contribution is -0.146. The highest BCUT2D eigenvalue weighted by molar-refractivity contribution is 5.87. The number of aromatic nitrogens is 1. The third kappa shape index (κ3) is 4.55. The van der Waals surface area contributed by atoms with Crippen molar-refractivity contribution in [2.75, 3.05) is 6.61 Å². The van der Waals surface area contributed by atoms with E-state index in [2.05, 4.69) is 17.3 Å². The van der Waals surface area contributed by atoms with Gasteiger partial charge < -0.3 is 14.0 Å². The van der Waals surface area contributed by atoms with Crippen molar-refractivity contribution in [2.45, 2.75) is 57.7 Å². The van der Waals surface area contributed by atoms with E-state index in [0.717, 1.165) is 51.9 Å². The quantitative estimate of drug-likeness (QED) is 0.226. The Bertz CT molecular complexity index is 1520. The second-order valence-corrected chi connectivity index (χ2v) is 10.6. The second-order valence-electron chi connectivity index (χ2n) is 10.6. The monoisotopic (exact) mass is 536 g/mol. The van der Waals surface area contributed by atoms with Crippen molar-refractivity contribution in [1.29, 1.82) is 0 Å². The summed E-state index contributed by atoms with van der Waals surface area (Å²) in [6.07, 6.45) is 0.997. The van der Waals surface area contributed by atoms with Crippen LogP contribution in [0.2, 0.25) is 0 Å². The van der Waals surface area contributed by atoms with Gasteiger partial charge >= 0.3 is 12.1 Å². The summed E-state index contributed by atoms with van der Waals surface area (Å²) in [5.41, 5.74) is 6.12. The fourth-order valence-electron chi connectivity index (χ4n) is 5.58. The van der Waals surface area contributed by atoms with Crippen molar-refractivity contribution in [2.24, 2.45) is 0 Å². The van der Waals surface area contributed by atoms with Gasteiger partial charge in [-0.25, -0.2) is 4.79 Å². The van der Waals surface area contributed by atoms with Crippen molar-refractivity contribution >= 4 is 12.1 Å². The highest BCUT2D eigenvalue weighted by Gasteiger charge is 2.52. The summed E-state index contributed by atoms with van der Waals surface area (Å²) in [7, 11) is 0. The highest BCUT2D eigenvalue weighted by Crippen LogP contribution is 2.49. The van der Waals surface area contributed by atoms with Crippen LogP contribution in [0.4, 0.5) is 4.79 Å². The lowest BCUT2D eigenvalue weighted by atomic mass is 9.93. The smallest absolute Gasteiger partial charge is 0.411 e. The molecule has 1 amide bonds. The molecule has 0 bridgehead atoms. The molecule has 6 rings (SSSR count). The number of benzene rings is 3. The van der Waals surface area contributed by atoms with Crippen molar-refractivity contribution in [3.63, 3.8) is 0 Å². The molecule has 1 aromatic heterocycles. The number of amides is 1. The van der Waals surface area contributed by atoms with Crippen LogP contribution in [0.15, 0.2) is 83.4 Å². The molecule has 2 aliphatic rings. The summed E-state index contributed by atoms with van der Waals surface area (Å²) in [5, 5.41) is 4.22. The van der Waals surface area contributed by atoms with Gasteiger partial charge in [0.1, 0.15) is 6.10 Å². The van der Waals surface area contributed by atoms with Crippen molar-refractivity contribution in [3.8, 4) is 22.5 Å². The Morgan fingerprint density at radius 2 is 1.60 bits per heavy atom. The molecule has 7 heteroatoms. The Morgan fingerprint density at radius 3 is 2.23 bits per heavy atom. The van der Waals surface area contributed by atoms with E-state index in [1.54, 1.807) is 4.90 Å². The number of ether oxygens (including phenoxy) is 2. The maximum absolute atomic E-state index is 12.8. The summed E-state index contributed by atoms with van der Waals surface area (Å²) < 4.78 is 16.8. The number of hydrogen-bond acceptors (Lipinski definition) is 6. The minimum absolute atomic E-state index is 0.127. The van der Waals surface area contributed by atoms with Gasteiger partial charge in [0.2, 0.25) is 0 Å². The van der Waals surface area contributed by atoms with Gasteiger partial charge in [-0.3, -0.25) is 9.69 Å². The molecule has 204 valence electrons. The van der Waals surface area contributed by atoms with Crippen LogP contribution in [0.5, 0.6) is 0 Å². The maximum atomic E-state index is 12.8. The van der Waals surface area contributed by atoms with Crippen LogP contribution in [0.1, 0.15) is 55.2 Å². The van der Waals surface area contributed by atoms with Gasteiger partial charge in [-0.15, -0.1) is 0 Å². The normalized spacial score (nSPS) is 19.4. The average Bonchev–Trinajstić information content (AvgIpc) is 3.65. The molecule has 7 nitrogen and oxygen atoms in total. The first-order valence-corrected chi connectivity index (χ1v) is 13.8. The van der Waals surface area contributed by atoms with Gasteiger partial charge in [0.15, 0.2) is 5.76 Å². The van der Waals surface area contributed by atoms with E-state index in [0.29, 0.717) is 18.9 Å². The lowest BCUT2D eigenvalue weighted by Crippen LogP contribution is -2.31. The van der Waals surface area contributed by atoms with Crippen molar-refractivity contribution in [1.82, 2.24) is 10.1 Å². The Hall–Kier alpha value is -4.39. The molecule has 2 heterocycles. The van der Waals surface area contributed by atoms with Crippen LogP contribution in [-0.4, -0.2) is 34.8 Å². The molecule has 1 aliphatic carbocycles. The first-order valence-electron chi connectivity index (χ1n) is 13.8. The first kappa shape index (κ1) is 25.9. The van der Waals surface area contributed by atoms with Gasteiger partial charge in [-0.2, -0.15) is 0 Å². The number of esters is 1. The number of carbonyl (C=O) groups is 2. The number of carbonyl (C=O) groups excluding carboxylic acids is 2. The molecule has 3 aromatic carbocycles. The van der Waals surface area contributed by atoms with Crippen LogP contribution in [-0.2, 0) is 26.2 Å². The van der Waals surface area contributed by atoms with E-state index in [4.69, 9.17) is 14.0 Å². The molecule has 2 fully saturated rings. The van der Waals surface area contributed by atoms with Crippen LogP contribution < -0.4 is 0 Å². The molecule has 1 aliphatic heterocycles. The van der Waals surface area contributed by atoms with E-state index in [1.165, 1.54) is 0 Å². The molecule has 2 unspecified atom stereocenters. The largest absolute Gasteiger partial charge is 0.465 e. The van der Waals surface area contributed by atoms with Gasteiger partial charge in [0.05, 0.1) is 30.3 Å². The van der Waals surface area contributed by atoms with E-state index in [-0.39, 0.29) is 24.2 Å². The van der Waals surface area contributed by atoms with Crippen LogP contribution in [0, 0.1) is 6.92 Å². The molecule has 1 saturated carbocycles. The fraction of sp³-hybridized carbons (Fsp3) is 0.303. The zero-order valence-electron chi connectivity index (χ0n) is 22.9. The summed E-state index contributed by atoms with van der Waals surface area (Å²) in [6.45, 7) is 6.48. The van der Waals surface area contributed by atoms with E-state index >= 15 is 0 Å². The number of cyclic esters (lactones) is 1. The Morgan fingerprint density at radius 1 is 0.975 bits per heavy atom. The maximum Gasteiger partial charge on any atom is 0.411 e. The predicted octanol–water partition coefficient (Wildman–Crippen LogP) is 6.99. The second kappa shape index (κ2) is 10.3. The Kier molecular flexibility index (Phi) is 6.66. The lowest BCUT2D eigenvalue weighted by Gasteiger charge is -2.21. The Balaban J connectivity index is 1.20. The third-order valence-corrected chi connectivity index (χ3v) is 8.17. The highest BCUT2D eigenvalue weighted by atomic mass is 16.6. The third-order valence-electron chi connectivity index (χ3n) is 8.17. The van der Waals surface area contributed by atoms with Crippen LogP contribution in [0.3, 0.4) is 0 Å². The zero-order valence-corrected chi connectivity index (χ0v) is 22.9. The number of aryl methyl sites for hydroxylation is 1. The molecular formula is C33H32N2O5. The zero-order chi connectivity index (χ0) is 27.9. The average molecular weight is 537 g/mol. The SMILES string of the molecule is CCOC(=O)C1(c2ccc(-c3ccc(-c4onc(C)c4CN4C(=O)OC(c5ccccc5)C4C)cc3)cc2)CC1. The summed E-state index contributed by atoms with van der Waals surface area (Å²) in [6, 6.07) is 25.9. The fourth-order valence-corrected chi connectivity index (χ4v) is 5.58. The minimum Gasteiger partial charge on any atom is -0.465 e. The molecule has 40 heavy (non-hydrogen) atoms. The molecule has 0 N–H and O–H groups in total. The van der Waals surface area contributed by atoms with Gasteiger partial charge in [-0.05, 0) is 55.9 Å². The first-order chi connectivity index (χ1) is 19.4. The molecule has 1 saturated heterocycles. The van der Waals surface area contributed by atoms with Crippen molar-refractivity contribution < 1.29 is 23.6 Å². The molecule has 2 atom stereocenters. The van der Waals surface area contributed by atoms with Crippen molar-refractivity contribution in [3.05, 3.63) is 101 Å². The number of rotatable bonds is 8. The topological polar surface area (TPSA) is 81.9 Å². The molecule has 4 aromatic rings. The summed E-state index contributed by atoms with van der Waals surface area (Å²) in [5.74, 6) is 0.519. The van der Waals surface area contributed by atoms with Gasteiger partial charge in [0.25, 0.3) is 0 Å². The predicted molar refractivity (Wildman–Crippen MR) is 150 cm³/mol. The van der Waals surface area contributed by atoms with Crippen LogP contribution >= 0.6 is 0 Å². The van der Waals surface area contributed by atoms with Gasteiger partial charge in [-0.1, -0.05) is 84.0 Å². The number of hydrogen-bond donors (Lipinski definition) is 0.